The zero-order valence-electron chi connectivity index (χ0n) is 10.4. The van der Waals surface area contributed by atoms with E-state index in [0.717, 1.165) is 0 Å². The molecule has 0 aliphatic carbocycles. The topological polar surface area (TPSA) is 72.5 Å². The number of Topliss-reactive ketones (excluding diaryl/α,β-unsaturated/α-hetero) is 1. The highest BCUT2D eigenvalue weighted by Crippen LogP contribution is 2.11. The van der Waals surface area contributed by atoms with Crippen LogP contribution in [-0.4, -0.2) is 24.3 Å². The molecule has 0 atom stereocenters. The Kier molecular flexibility index (Phi) is 5.05. The maximum atomic E-state index is 11.4. The smallest absolute Gasteiger partial charge is 0.306 e. The van der Waals surface area contributed by atoms with Crippen LogP contribution in [0.25, 0.3) is 0 Å². The molecular formula is C13H15NO4. The molecule has 0 saturated carbocycles. The summed E-state index contributed by atoms with van der Waals surface area (Å²) in [5.74, 6) is -0.941. The molecule has 1 amide bonds. The van der Waals surface area contributed by atoms with E-state index in [9.17, 15) is 14.4 Å². The zero-order valence-corrected chi connectivity index (χ0v) is 10.4. The quantitative estimate of drug-likeness (QED) is 0.637. The Morgan fingerprint density at radius 3 is 2.61 bits per heavy atom. The Morgan fingerprint density at radius 1 is 1.28 bits per heavy atom. The molecule has 1 aromatic carbocycles. The summed E-state index contributed by atoms with van der Waals surface area (Å²) < 4.78 is 4.68. The number of hydrogen-bond acceptors (Lipinski definition) is 4. The van der Waals surface area contributed by atoms with Crippen LogP contribution in [0.5, 0.6) is 0 Å². The molecule has 1 N–H and O–H groups in total. The lowest BCUT2D eigenvalue weighted by Crippen LogP contribution is -2.20. The average Bonchev–Trinajstić information content (AvgIpc) is 2.36. The van der Waals surface area contributed by atoms with Crippen molar-refractivity contribution in [2.24, 2.45) is 0 Å². The van der Waals surface area contributed by atoms with E-state index >= 15 is 0 Å². The molecule has 0 aliphatic rings. The Bertz CT molecular complexity index is 468. The van der Waals surface area contributed by atoms with E-state index in [-0.39, 0.29) is 18.8 Å². The van der Waals surface area contributed by atoms with Gasteiger partial charge in [-0.25, -0.2) is 0 Å². The minimum Gasteiger partial charge on any atom is -0.456 e. The van der Waals surface area contributed by atoms with Gasteiger partial charge in [-0.2, -0.15) is 0 Å². The molecule has 1 aromatic rings. The normalized spacial score (nSPS) is 9.67. The second kappa shape index (κ2) is 6.54. The van der Waals surface area contributed by atoms with Gasteiger partial charge in [0.05, 0.1) is 0 Å². The number of rotatable bonds is 5. The number of anilines is 1. The molecule has 0 spiro atoms. The van der Waals surface area contributed by atoms with Crippen LogP contribution in [0.15, 0.2) is 24.3 Å². The first kappa shape index (κ1) is 13.9. The van der Waals surface area contributed by atoms with Gasteiger partial charge < -0.3 is 10.1 Å². The van der Waals surface area contributed by atoms with Crippen LogP contribution in [0, 0.1) is 0 Å². The van der Waals surface area contributed by atoms with Crippen molar-refractivity contribution in [3.8, 4) is 0 Å². The van der Waals surface area contributed by atoms with Crippen molar-refractivity contribution in [2.75, 3.05) is 11.9 Å². The molecule has 5 heteroatoms. The van der Waals surface area contributed by atoms with Crippen LogP contribution in [0.4, 0.5) is 5.69 Å². The minimum atomic E-state index is -0.433. The molecule has 18 heavy (non-hydrogen) atoms. The van der Waals surface area contributed by atoms with Gasteiger partial charge in [-0.3, -0.25) is 14.4 Å². The predicted octanol–water partition coefficient (Wildman–Crippen LogP) is 1.78. The molecule has 0 saturated heterocycles. The maximum Gasteiger partial charge on any atom is 0.306 e. The van der Waals surface area contributed by atoms with Crippen molar-refractivity contribution in [3.63, 3.8) is 0 Å². The Labute approximate surface area is 105 Å². The second-order valence-corrected chi connectivity index (χ2v) is 3.70. The predicted molar refractivity (Wildman–Crippen MR) is 66.3 cm³/mol. The SMILES string of the molecule is CCC(=O)OCC(=O)Nc1cccc(C(C)=O)c1. The minimum absolute atomic E-state index is 0.0801. The Hall–Kier alpha value is -2.17. The van der Waals surface area contributed by atoms with Crippen molar-refractivity contribution in [1.29, 1.82) is 0 Å². The third-order valence-electron chi connectivity index (χ3n) is 2.21. The first-order chi connectivity index (χ1) is 8.52. The Morgan fingerprint density at radius 2 is 2.00 bits per heavy atom. The number of carbonyl (C=O) groups excluding carboxylic acids is 3. The standard InChI is InChI=1S/C13H15NO4/c1-3-13(17)18-8-12(16)14-11-6-4-5-10(7-11)9(2)15/h4-7H,3,8H2,1-2H3,(H,14,16). The summed E-state index contributed by atoms with van der Waals surface area (Å²) in [5.41, 5.74) is 1.01. The molecule has 0 aliphatic heterocycles. The van der Waals surface area contributed by atoms with Gasteiger partial charge in [-0.05, 0) is 19.1 Å². The van der Waals surface area contributed by atoms with Crippen LogP contribution in [-0.2, 0) is 14.3 Å². The van der Waals surface area contributed by atoms with Crippen molar-refractivity contribution in [1.82, 2.24) is 0 Å². The third kappa shape index (κ3) is 4.37. The summed E-state index contributed by atoms with van der Waals surface area (Å²) in [5, 5.41) is 2.55. The molecule has 0 unspecified atom stereocenters. The number of ketones is 1. The second-order valence-electron chi connectivity index (χ2n) is 3.70. The molecule has 0 heterocycles. The molecule has 0 fully saturated rings. The molecule has 0 radical (unpaired) electrons. The van der Waals surface area contributed by atoms with Gasteiger partial charge in [0.15, 0.2) is 12.4 Å². The van der Waals surface area contributed by atoms with E-state index in [2.05, 4.69) is 10.1 Å². The summed E-state index contributed by atoms with van der Waals surface area (Å²) in [4.78, 5) is 33.5. The van der Waals surface area contributed by atoms with Crippen molar-refractivity contribution in [2.45, 2.75) is 20.3 Å². The van der Waals surface area contributed by atoms with E-state index in [0.29, 0.717) is 11.3 Å². The number of nitrogens with one attached hydrogen (secondary N) is 1. The molecule has 0 bridgehead atoms. The van der Waals surface area contributed by atoms with Gasteiger partial charge in [0, 0.05) is 17.7 Å². The van der Waals surface area contributed by atoms with Gasteiger partial charge in [0.2, 0.25) is 0 Å². The van der Waals surface area contributed by atoms with Gasteiger partial charge >= 0.3 is 5.97 Å². The molecule has 0 aromatic heterocycles. The fourth-order valence-electron chi connectivity index (χ4n) is 1.26. The van der Waals surface area contributed by atoms with Gasteiger partial charge in [0.1, 0.15) is 0 Å². The zero-order chi connectivity index (χ0) is 13.5. The summed E-state index contributed by atoms with van der Waals surface area (Å²) in [6.07, 6.45) is 0.229. The van der Waals surface area contributed by atoms with Crippen LogP contribution >= 0.6 is 0 Å². The first-order valence-electron chi connectivity index (χ1n) is 5.59. The highest BCUT2D eigenvalue weighted by atomic mass is 16.5. The van der Waals surface area contributed by atoms with Crippen LogP contribution in [0.2, 0.25) is 0 Å². The van der Waals surface area contributed by atoms with Crippen molar-refractivity contribution >= 4 is 23.3 Å². The van der Waals surface area contributed by atoms with Crippen molar-refractivity contribution < 1.29 is 19.1 Å². The van der Waals surface area contributed by atoms with Crippen LogP contribution < -0.4 is 5.32 Å². The van der Waals surface area contributed by atoms with Gasteiger partial charge in [0.25, 0.3) is 5.91 Å². The monoisotopic (exact) mass is 249 g/mol. The molecule has 5 nitrogen and oxygen atoms in total. The maximum absolute atomic E-state index is 11.4. The largest absolute Gasteiger partial charge is 0.456 e. The third-order valence-corrected chi connectivity index (χ3v) is 2.21. The lowest BCUT2D eigenvalue weighted by molar-refractivity contribution is -0.146. The number of ether oxygens (including phenoxy) is 1. The van der Waals surface area contributed by atoms with Crippen molar-refractivity contribution in [3.05, 3.63) is 29.8 Å². The highest BCUT2D eigenvalue weighted by molar-refractivity contribution is 5.97. The summed E-state index contributed by atoms with van der Waals surface area (Å²) in [6, 6.07) is 6.56. The molecule has 96 valence electrons. The van der Waals surface area contributed by atoms with Crippen LogP contribution in [0.1, 0.15) is 30.6 Å². The van der Waals surface area contributed by atoms with Crippen LogP contribution in [0.3, 0.4) is 0 Å². The number of benzene rings is 1. The lowest BCUT2D eigenvalue weighted by Gasteiger charge is -2.06. The number of hydrogen-bond donors (Lipinski definition) is 1. The Balaban J connectivity index is 2.56. The highest BCUT2D eigenvalue weighted by Gasteiger charge is 2.07. The summed E-state index contributed by atoms with van der Waals surface area (Å²) >= 11 is 0. The number of esters is 1. The number of carbonyl (C=O) groups is 3. The fourth-order valence-corrected chi connectivity index (χ4v) is 1.26. The molecule has 1 rings (SSSR count). The van der Waals surface area contributed by atoms with Gasteiger partial charge in [-0.15, -0.1) is 0 Å². The summed E-state index contributed by atoms with van der Waals surface area (Å²) in [7, 11) is 0. The van der Waals surface area contributed by atoms with E-state index < -0.39 is 11.9 Å². The summed E-state index contributed by atoms with van der Waals surface area (Å²) in [6.45, 7) is 2.78. The fraction of sp³-hybridized carbons (Fsp3) is 0.308. The number of amides is 1. The first-order valence-corrected chi connectivity index (χ1v) is 5.59. The van der Waals surface area contributed by atoms with E-state index in [4.69, 9.17) is 0 Å². The van der Waals surface area contributed by atoms with E-state index in [1.807, 2.05) is 0 Å². The van der Waals surface area contributed by atoms with E-state index in [1.165, 1.54) is 6.92 Å². The van der Waals surface area contributed by atoms with E-state index in [1.54, 1.807) is 31.2 Å². The van der Waals surface area contributed by atoms with Gasteiger partial charge in [-0.1, -0.05) is 19.1 Å². The molecular weight excluding hydrogens is 234 g/mol. The lowest BCUT2D eigenvalue weighted by atomic mass is 10.1. The average molecular weight is 249 g/mol.